The van der Waals surface area contributed by atoms with Crippen molar-refractivity contribution in [3.63, 3.8) is 0 Å². The molecule has 10 heteroatoms. The summed E-state index contributed by atoms with van der Waals surface area (Å²) in [7, 11) is 0. The van der Waals surface area contributed by atoms with E-state index < -0.39 is 41.8 Å². The highest BCUT2D eigenvalue weighted by molar-refractivity contribution is 5.77. The number of nitrogens with zero attached hydrogens (tertiary/aromatic N) is 4. The second-order valence-corrected chi connectivity index (χ2v) is 9.37. The highest BCUT2D eigenvalue weighted by atomic mass is 19.1. The van der Waals surface area contributed by atoms with E-state index in [1.54, 1.807) is 0 Å². The molecular weight excluding hydrogens is 459 g/mol. The number of rotatable bonds is 9. The van der Waals surface area contributed by atoms with E-state index in [-0.39, 0.29) is 36.8 Å². The first kappa shape index (κ1) is 26.4. The Labute approximate surface area is 202 Å². The first-order valence-electron chi connectivity index (χ1n) is 11.2. The molecule has 0 bridgehead atoms. The van der Waals surface area contributed by atoms with Crippen molar-refractivity contribution in [2.75, 3.05) is 19.7 Å². The monoisotopic (exact) mass is 489 g/mol. The predicted octanol–water partition coefficient (Wildman–Crippen LogP) is 3.48. The topological polar surface area (TPSA) is 97.3 Å². The van der Waals surface area contributed by atoms with Crippen molar-refractivity contribution in [2.45, 2.75) is 39.5 Å². The average Bonchev–Trinajstić information content (AvgIpc) is 3.21. The third-order valence-corrected chi connectivity index (χ3v) is 5.53. The molecule has 3 N–H and O–H groups in total. The van der Waals surface area contributed by atoms with Gasteiger partial charge in [-0.25, -0.2) is 22.8 Å². The van der Waals surface area contributed by atoms with Crippen molar-refractivity contribution in [1.82, 2.24) is 19.7 Å². The number of aromatic nitrogens is 3. The second-order valence-electron chi connectivity index (χ2n) is 9.37. The van der Waals surface area contributed by atoms with Crippen LogP contribution in [0.5, 0.6) is 0 Å². The quantitative estimate of drug-likeness (QED) is 0.480. The number of amides is 1. The van der Waals surface area contributed by atoms with Crippen LogP contribution in [-0.2, 0) is 11.3 Å². The normalized spacial score (nSPS) is 13.5. The largest absolute Gasteiger partial charge is 0.387 e. The molecule has 7 nitrogen and oxygen atoms in total. The first-order chi connectivity index (χ1) is 16.5. The summed E-state index contributed by atoms with van der Waals surface area (Å²) in [5, 5.41) is 14.1. The van der Waals surface area contributed by atoms with Gasteiger partial charge in [0.05, 0.1) is 24.7 Å². The highest BCUT2D eigenvalue weighted by Crippen LogP contribution is 2.39. The Morgan fingerprint density at radius 1 is 1.17 bits per heavy atom. The Morgan fingerprint density at radius 3 is 2.46 bits per heavy atom. The molecule has 1 amide bonds. The minimum Gasteiger partial charge on any atom is -0.387 e. The molecule has 0 saturated carbocycles. The Bertz CT molecular complexity index is 1150. The fourth-order valence-electron chi connectivity index (χ4n) is 3.94. The zero-order valence-corrected chi connectivity index (χ0v) is 20.0. The second kappa shape index (κ2) is 11.0. The summed E-state index contributed by atoms with van der Waals surface area (Å²) in [5.74, 6) is -1.92. The average molecular weight is 490 g/mol. The van der Waals surface area contributed by atoms with Crippen LogP contribution in [0.3, 0.4) is 0 Å². The molecule has 0 radical (unpaired) electrons. The van der Waals surface area contributed by atoms with Crippen molar-refractivity contribution in [2.24, 2.45) is 11.1 Å². The zero-order valence-electron chi connectivity index (χ0n) is 20.0. The molecule has 0 aliphatic rings. The number of nitrogens with two attached hydrogens (primary N) is 1. The van der Waals surface area contributed by atoms with Crippen LogP contribution in [0, 0.1) is 17.0 Å². The molecule has 1 unspecified atom stereocenters. The molecule has 1 aromatic heterocycles. The number of carbonyl (C=O) groups is 1. The minimum absolute atomic E-state index is 0.0748. The summed E-state index contributed by atoms with van der Waals surface area (Å²) in [4.78, 5) is 18.5. The van der Waals surface area contributed by atoms with E-state index in [0.717, 1.165) is 23.8 Å². The summed E-state index contributed by atoms with van der Waals surface area (Å²) in [5.41, 5.74) is 5.46. The molecule has 3 aromatic rings. The van der Waals surface area contributed by atoms with E-state index in [2.05, 4.69) is 10.1 Å². The van der Waals surface area contributed by atoms with Crippen molar-refractivity contribution in [1.29, 1.82) is 0 Å². The van der Waals surface area contributed by atoms with Gasteiger partial charge in [-0.2, -0.15) is 5.10 Å². The van der Waals surface area contributed by atoms with E-state index in [9.17, 15) is 23.1 Å². The van der Waals surface area contributed by atoms with Crippen LogP contribution in [0.4, 0.5) is 13.2 Å². The summed E-state index contributed by atoms with van der Waals surface area (Å²) in [6, 6.07) is 11.4. The molecule has 0 fully saturated rings. The lowest BCUT2D eigenvalue weighted by Gasteiger charge is -2.39. The number of halogens is 3. The maximum Gasteiger partial charge on any atom is 0.249 e. The third-order valence-electron chi connectivity index (χ3n) is 5.53. The Balaban J connectivity index is 2.22. The van der Waals surface area contributed by atoms with Crippen LogP contribution in [-0.4, -0.2) is 56.5 Å². The van der Waals surface area contributed by atoms with Crippen molar-refractivity contribution < 1.29 is 23.1 Å². The van der Waals surface area contributed by atoms with Gasteiger partial charge in [-0.05, 0) is 29.2 Å². The summed E-state index contributed by atoms with van der Waals surface area (Å²) < 4.78 is 44.5. The maximum atomic E-state index is 14.6. The van der Waals surface area contributed by atoms with Gasteiger partial charge in [0.1, 0.15) is 24.4 Å². The van der Waals surface area contributed by atoms with Gasteiger partial charge in [0, 0.05) is 6.54 Å². The van der Waals surface area contributed by atoms with Crippen LogP contribution >= 0.6 is 0 Å². The zero-order chi connectivity index (χ0) is 25.8. The number of alkyl halides is 1. The fraction of sp³-hybridized carbons (Fsp3) is 0.400. The van der Waals surface area contributed by atoms with Crippen LogP contribution in [0.1, 0.15) is 38.2 Å². The predicted molar refractivity (Wildman–Crippen MR) is 126 cm³/mol. The molecule has 0 spiro atoms. The van der Waals surface area contributed by atoms with Crippen LogP contribution < -0.4 is 5.73 Å². The van der Waals surface area contributed by atoms with Crippen molar-refractivity contribution >= 4 is 5.91 Å². The number of carbonyl (C=O) groups excluding carboxylic acids is 1. The molecule has 35 heavy (non-hydrogen) atoms. The Morgan fingerprint density at radius 2 is 1.86 bits per heavy atom. The lowest BCUT2D eigenvalue weighted by atomic mass is 9.84. The van der Waals surface area contributed by atoms with Gasteiger partial charge in [0.25, 0.3) is 0 Å². The van der Waals surface area contributed by atoms with E-state index >= 15 is 0 Å². The number of hydrogen-bond donors (Lipinski definition) is 2. The van der Waals surface area contributed by atoms with Gasteiger partial charge in [-0.15, -0.1) is 0 Å². The van der Waals surface area contributed by atoms with Gasteiger partial charge in [-0.1, -0.05) is 51.1 Å². The third kappa shape index (κ3) is 6.26. The first-order valence-corrected chi connectivity index (χ1v) is 11.2. The van der Waals surface area contributed by atoms with Gasteiger partial charge in [0.2, 0.25) is 5.91 Å². The number of benzene rings is 2. The Hall–Kier alpha value is -3.24. The molecule has 2 atom stereocenters. The van der Waals surface area contributed by atoms with Crippen LogP contribution in [0.25, 0.3) is 11.4 Å². The van der Waals surface area contributed by atoms with Crippen LogP contribution in [0.15, 0.2) is 48.5 Å². The maximum absolute atomic E-state index is 14.6. The highest BCUT2D eigenvalue weighted by Gasteiger charge is 2.39. The lowest BCUT2D eigenvalue weighted by Crippen LogP contribution is -2.47. The van der Waals surface area contributed by atoms with E-state index in [1.807, 2.05) is 51.1 Å². The van der Waals surface area contributed by atoms with E-state index in [0.29, 0.717) is 0 Å². The smallest absolute Gasteiger partial charge is 0.249 e. The molecule has 188 valence electrons. The van der Waals surface area contributed by atoms with Gasteiger partial charge < -0.3 is 15.7 Å². The standard InChI is InChI=1S/C25H30F3N5O2/c1-25(2,3)22(32(21(35)15-34)14-18(27)12-29)24-30-23(19-11-17(26)9-10-20(19)28)31-33(24)13-16-7-5-4-6-8-16/h4-11,18,22,34H,12-15,29H2,1-3H3/t18-,22?/m0/s1. The fourth-order valence-corrected chi connectivity index (χ4v) is 3.94. The molecule has 1 heterocycles. The van der Waals surface area contributed by atoms with Crippen LogP contribution in [0.2, 0.25) is 0 Å². The molecule has 3 rings (SSSR count). The van der Waals surface area contributed by atoms with Crippen molar-refractivity contribution in [3.8, 4) is 11.4 Å². The molecular formula is C25H30F3N5O2. The van der Waals surface area contributed by atoms with E-state index in [4.69, 9.17) is 5.73 Å². The van der Waals surface area contributed by atoms with Gasteiger partial charge in [-0.3, -0.25) is 4.79 Å². The summed E-state index contributed by atoms with van der Waals surface area (Å²) in [6.07, 6.45) is -1.54. The molecule has 0 aliphatic heterocycles. The van der Waals surface area contributed by atoms with E-state index in [1.165, 1.54) is 9.58 Å². The van der Waals surface area contributed by atoms with Gasteiger partial charge >= 0.3 is 0 Å². The number of aliphatic hydroxyl groups is 1. The minimum atomic E-state index is -1.54. The number of aliphatic hydroxyl groups excluding tert-OH is 1. The summed E-state index contributed by atoms with van der Waals surface area (Å²) >= 11 is 0. The van der Waals surface area contributed by atoms with Gasteiger partial charge in [0.15, 0.2) is 11.6 Å². The molecule has 2 aromatic carbocycles. The lowest BCUT2D eigenvalue weighted by molar-refractivity contribution is -0.140. The summed E-state index contributed by atoms with van der Waals surface area (Å²) in [6.45, 7) is 4.16. The molecule has 0 aliphatic carbocycles. The Kier molecular flexibility index (Phi) is 8.29. The number of hydrogen-bond acceptors (Lipinski definition) is 5. The van der Waals surface area contributed by atoms with Crippen molar-refractivity contribution in [3.05, 3.63) is 71.6 Å². The molecule has 0 saturated heterocycles. The SMILES string of the molecule is CC(C)(C)C(c1nc(-c2cc(F)ccc2F)nn1Cc1ccccc1)N(C[C@@H](F)CN)C(=O)CO.